The van der Waals surface area contributed by atoms with Gasteiger partial charge in [0, 0.05) is 22.6 Å². The predicted octanol–water partition coefficient (Wildman–Crippen LogP) is 1.73. The van der Waals surface area contributed by atoms with Crippen LogP contribution in [0.1, 0.15) is 23.6 Å². The normalized spacial score (nSPS) is 7.20. The van der Waals surface area contributed by atoms with E-state index in [2.05, 4.69) is 20.8 Å². The van der Waals surface area contributed by atoms with Crippen molar-refractivity contribution in [3.8, 4) is 0 Å². The van der Waals surface area contributed by atoms with E-state index in [9.17, 15) is 0 Å². The fourth-order valence-corrected chi connectivity index (χ4v) is 0. The molecule has 0 nitrogen and oxygen atoms in total. The molecular formula is C4H13Ga. The van der Waals surface area contributed by atoms with Gasteiger partial charge in [-0.2, -0.15) is 0 Å². The molecule has 0 fully saturated rings. The zero-order valence-corrected chi connectivity index (χ0v) is 6.50. The van der Waals surface area contributed by atoms with Gasteiger partial charge in [-0.1, -0.05) is 20.8 Å². The summed E-state index contributed by atoms with van der Waals surface area (Å²) >= 11 is 0. The van der Waals surface area contributed by atoms with Gasteiger partial charge < -0.3 is 0 Å². The number of hydrogen-bond donors (Lipinski definition) is 0. The average molecular weight is 131 g/mol. The summed E-state index contributed by atoms with van der Waals surface area (Å²) in [5, 5.41) is 0. The van der Waals surface area contributed by atoms with Crippen molar-refractivity contribution in [1.82, 2.24) is 0 Å². The monoisotopic (exact) mass is 130 g/mol. The van der Waals surface area contributed by atoms with Gasteiger partial charge in [-0.25, -0.2) is 0 Å². The zero-order chi connectivity index (χ0) is 3.58. The van der Waals surface area contributed by atoms with Gasteiger partial charge in [0.25, 0.3) is 0 Å². The fourth-order valence-electron chi connectivity index (χ4n) is 0. The van der Waals surface area contributed by atoms with Crippen molar-refractivity contribution < 1.29 is 2.85 Å². The van der Waals surface area contributed by atoms with Gasteiger partial charge >= 0.3 is 0 Å². The molecule has 0 amide bonds. The minimum absolute atomic E-state index is 0. The first-order valence-electron chi connectivity index (χ1n) is 1.50. The minimum atomic E-state index is 0. The Balaban J connectivity index is -0.0000000150. The smallest absolute Gasteiger partial charge is 0 e. The third-order valence-electron chi connectivity index (χ3n) is 0. The second kappa shape index (κ2) is 4.64. The summed E-state index contributed by atoms with van der Waals surface area (Å²) in [6.45, 7) is 6.25. The summed E-state index contributed by atoms with van der Waals surface area (Å²) in [4.78, 5) is 0. The Morgan fingerprint density at radius 3 is 1.20 bits per heavy atom. The average Bonchev–Trinajstić information content (AvgIpc) is 0.811. The molecule has 0 saturated carbocycles. The van der Waals surface area contributed by atoms with Crippen LogP contribution in [0, 0.1) is 5.92 Å². The molecule has 0 atom stereocenters. The molecule has 0 aliphatic carbocycles. The van der Waals surface area contributed by atoms with E-state index in [0.717, 1.165) is 0 Å². The molecule has 0 aromatic rings. The molecule has 0 N–H and O–H groups in total. The van der Waals surface area contributed by atoms with Gasteiger partial charge in [-0.15, -0.1) is 0 Å². The maximum atomic E-state index is 2.08. The minimum Gasteiger partial charge on any atom is -0.0597 e. The van der Waals surface area contributed by atoms with Crippen LogP contribution in [0.15, 0.2) is 0 Å². The van der Waals surface area contributed by atoms with E-state index < -0.39 is 0 Å². The SMILES string of the molecule is C[C](C)C.[Ga].[HH].[HH]. The Labute approximate surface area is 50.0 Å². The third kappa shape index (κ3) is 79.6. The van der Waals surface area contributed by atoms with Crippen LogP contribution in [0.5, 0.6) is 0 Å². The Bertz CT molecular complexity index is 14.4. The van der Waals surface area contributed by atoms with Crippen LogP contribution in [-0.4, -0.2) is 19.8 Å². The summed E-state index contributed by atoms with van der Waals surface area (Å²) in [6, 6.07) is 0. The molecule has 0 rings (SSSR count). The standard InChI is InChI=1S/C4H9.Ga.2H2/c1-4(2)3;;;/h1-3H3;;2*1H. The van der Waals surface area contributed by atoms with Crippen LogP contribution >= 0.6 is 0 Å². The van der Waals surface area contributed by atoms with Gasteiger partial charge in [0.15, 0.2) is 0 Å². The van der Waals surface area contributed by atoms with Gasteiger partial charge in [0.2, 0.25) is 0 Å². The molecule has 0 unspecified atom stereocenters. The van der Waals surface area contributed by atoms with E-state index in [-0.39, 0.29) is 22.6 Å². The summed E-state index contributed by atoms with van der Waals surface area (Å²) in [5.41, 5.74) is 0. The molecule has 0 spiro atoms. The van der Waals surface area contributed by atoms with Crippen LogP contribution in [0.25, 0.3) is 0 Å². The Morgan fingerprint density at radius 2 is 1.20 bits per heavy atom. The fraction of sp³-hybridized carbons (Fsp3) is 0.750. The molecule has 0 aromatic heterocycles. The van der Waals surface area contributed by atoms with Gasteiger partial charge in [-0.3, -0.25) is 0 Å². The van der Waals surface area contributed by atoms with Crippen molar-refractivity contribution in [2.75, 3.05) is 0 Å². The molecule has 0 aromatic carbocycles. The summed E-state index contributed by atoms with van der Waals surface area (Å²) in [6.07, 6.45) is 0. The molecule has 1 heteroatoms. The first-order valence-corrected chi connectivity index (χ1v) is 1.50. The molecular weight excluding hydrogens is 118 g/mol. The van der Waals surface area contributed by atoms with E-state index >= 15 is 0 Å². The van der Waals surface area contributed by atoms with Crippen LogP contribution in [0.4, 0.5) is 0 Å². The molecule has 0 aliphatic rings. The first kappa shape index (κ1) is 9.16. The molecule has 0 saturated heterocycles. The van der Waals surface area contributed by atoms with Gasteiger partial charge in [0.1, 0.15) is 0 Å². The first-order chi connectivity index (χ1) is 1.73. The zero-order valence-electron chi connectivity index (χ0n) is 4.08. The van der Waals surface area contributed by atoms with Gasteiger partial charge in [-0.05, 0) is 5.92 Å². The summed E-state index contributed by atoms with van der Waals surface area (Å²) < 4.78 is 0. The summed E-state index contributed by atoms with van der Waals surface area (Å²) in [7, 11) is 0. The van der Waals surface area contributed by atoms with Crippen LogP contribution in [0.2, 0.25) is 0 Å². The van der Waals surface area contributed by atoms with Crippen molar-refractivity contribution in [2.45, 2.75) is 20.8 Å². The summed E-state index contributed by atoms with van der Waals surface area (Å²) in [5.74, 6) is 1.42. The van der Waals surface area contributed by atoms with Crippen molar-refractivity contribution in [3.05, 3.63) is 5.92 Å². The van der Waals surface area contributed by atoms with Crippen molar-refractivity contribution in [3.63, 3.8) is 0 Å². The molecule has 32 valence electrons. The van der Waals surface area contributed by atoms with E-state index in [0.29, 0.717) is 0 Å². The van der Waals surface area contributed by atoms with Crippen molar-refractivity contribution in [2.24, 2.45) is 0 Å². The molecule has 0 heterocycles. The molecule has 4 radical (unpaired) electrons. The maximum absolute atomic E-state index is 2.08. The van der Waals surface area contributed by atoms with E-state index in [1.165, 1.54) is 5.92 Å². The van der Waals surface area contributed by atoms with E-state index in [4.69, 9.17) is 0 Å². The number of rotatable bonds is 0. The number of hydrogen-bond acceptors (Lipinski definition) is 0. The van der Waals surface area contributed by atoms with Crippen molar-refractivity contribution in [1.29, 1.82) is 0 Å². The van der Waals surface area contributed by atoms with E-state index in [1.807, 2.05) is 0 Å². The second-order valence-corrected chi connectivity index (χ2v) is 1.50. The third-order valence-corrected chi connectivity index (χ3v) is 0. The van der Waals surface area contributed by atoms with E-state index in [1.54, 1.807) is 0 Å². The Kier molecular flexibility index (Phi) is 8.50. The van der Waals surface area contributed by atoms with Crippen molar-refractivity contribution >= 4 is 19.8 Å². The quantitative estimate of drug-likeness (QED) is 0.439. The second-order valence-electron chi connectivity index (χ2n) is 1.50. The molecule has 0 bridgehead atoms. The predicted molar refractivity (Wildman–Crippen MR) is 30.2 cm³/mol. The molecule has 0 aliphatic heterocycles. The van der Waals surface area contributed by atoms with Crippen LogP contribution in [0.3, 0.4) is 0 Å². The Morgan fingerprint density at radius 1 is 1.20 bits per heavy atom. The largest absolute Gasteiger partial charge is 0.0597 e. The maximum Gasteiger partial charge on any atom is 0 e. The van der Waals surface area contributed by atoms with Crippen LogP contribution < -0.4 is 0 Å². The van der Waals surface area contributed by atoms with Crippen LogP contribution in [-0.2, 0) is 0 Å². The molecule has 5 heavy (non-hydrogen) atoms. The Hall–Kier alpha value is 0.636. The topological polar surface area (TPSA) is 0 Å². The van der Waals surface area contributed by atoms with Gasteiger partial charge in [0.05, 0.1) is 0 Å².